The third-order valence-corrected chi connectivity index (χ3v) is 4.15. The van der Waals surface area contributed by atoms with E-state index in [4.69, 9.17) is 11.6 Å². The van der Waals surface area contributed by atoms with Gasteiger partial charge in [-0.25, -0.2) is 4.98 Å². The highest BCUT2D eigenvalue weighted by molar-refractivity contribution is 6.30. The van der Waals surface area contributed by atoms with Crippen LogP contribution in [0.3, 0.4) is 0 Å². The van der Waals surface area contributed by atoms with Gasteiger partial charge in [0.25, 0.3) is 0 Å². The Bertz CT molecular complexity index is 381. The predicted molar refractivity (Wildman–Crippen MR) is 75.2 cm³/mol. The van der Waals surface area contributed by atoms with Crippen molar-refractivity contribution < 1.29 is 0 Å². The fourth-order valence-corrected chi connectivity index (χ4v) is 2.65. The Morgan fingerprint density at radius 2 is 2.00 bits per heavy atom. The zero-order valence-electron chi connectivity index (χ0n) is 10.6. The molecule has 3 rings (SSSR count). The predicted octanol–water partition coefficient (Wildman–Crippen LogP) is 2.70. The van der Waals surface area contributed by atoms with Gasteiger partial charge in [-0.2, -0.15) is 0 Å². The van der Waals surface area contributed by atoms with Crippen LogP contribution in [0.4, 0.5) is 5.82 Å². The molecule has 2 aliphatic rings. The zero-order valence-corrected chi connectivity index (χ0v) is 11.4. The van der Waals surface area contributed by atoms with Gasteiger partial charge in [0.1, 0.15) is 5.82 Å². The van der Waals surface area contributed by atoms with E-state index in [-0.39, 0.29) is 0 Å². The van der Waals surface area contributed by atoms with E-state index in [9.17, 15) is 0 Å². The number of aromatic nitrogens is 1. The van der Waals surface area contributed by atoms with Crippen LogP contribution in [-0.2, 0) is 0 Å². The van der Waals surface area contributed by atoms with Crippen LogP contribution < -0.4 is 10.2 Å². The van der Waals surface area contributed by atoms with Gasteiger partial charge >= 0.3 is 0 Å². The summed E-state index contributed by atoms with van der Waals surface area (Å²) in [7, 11) is 0. The van der Waals surface area contributed by atoms with Gasteiger partial charge in [-0.1, -0.05) is 11.6 Å². The van der Waals surface area contributed by atoms with Crippen LogP contribution in [0.25, 0.3) is 0 Å². The number of nitrogens with one attached hydrogen (secondary N) is 1. The van der Waals surface area contributed by atoms with Crippen LogP contribution >= 0.6 is 11.6 Å². The Morgan fingerprint density at radius 1 is 1.22 bits per heavy atom. The van der Waals surface area contributed by atoms with Gasteiger partial charge in [-0.15, -0.1) is 0 Å². The largest absolute Gasteiger partial charge is 0.357 e. The fourth-order valence-electron chi connectivity index (χ4n) is 2.54. The van der Waals surface area contributed by atoms with E-state index in [0.717, 1.165) is 30.9 Å². The highest BCUT2D eigenvalue weighted by atomic mass is 35.5. The van der Waals surface area contributed by atoms with Crippen molar-refractivity contribution in [2.75, 3.05) is 24.5 Å². The number of pyridine rings is 1. The highest BCUT2D eigenvalue weighted by Gasteiger charge is 2.24. The van der Waals surface area contributed by atoms with Crippen molar-refractivity contribution in [1.82, 2.24) is 10.3 Å². The summed E-state index contributed by atoms with van der Waals surface area (Å²) in [6.45, 7) is 3.43. The molecular formula is C14H20ClN3. The van der Waals surface area contributed by atoms with Crippen LogP contribution in [0.15, 0.2) is 18.3 Å². The van der Waals surface area contributed by atoms with Gasteiger partial charge in [-0.05, 0) is 50.3 Å². The van der Waals surface area contributed by atoms with E-state index in [1.54, 1.807) is 6.20 Å². The molecule has 0 unspecified atom stereocenters. The molecule has 18 heavy (non-hydrogen) atoms. The molecule has 1 N–H and O–H groups in total. The van der Waals surface area contributed by atoms with Crippen molar-refractivity contribution in [2.45, 2.75) is 31.7 Å². The molecule has 0 radical (unpaired) electrons. The first-order valence-electron chi connectivity index (χ1n) is 6.91. The topological polar surface area (TPSA) is 28.2 Å². The lowest BCUT2D eigenvalue weighted by atomic mass is 9.97. The average molecular weight is 266 g/mol. The summed E-state index contributed by atoms with van der Waals surface area (Å²) in [5.41, 5.74) is 0. The molecule has 2 fully saturated rings. The van der Waals surface area contributed by atoms with Gasteiger partial charge in [0.05, 0.1) is 5.02 Å². The van der Waals surface area contributed by atoms with E-state index >= 15 is 0 Å². The van der Waals surface area contributed by atoms with Crippen molar-refractivity contribution in [2.24, 2.45) is 5.92 Å². The first-order chi connectivity index (χ1) is 8.81. The summed E-state index contributed by atoms with van der Waals surface area (Å²) in [6.07, 6.45) is 7.03. The summed E-state index contributed by atoms with van der Waals surface area (Å²) in [6, 6.07) is 4.77. The molecule has 1 aromatic rings. The number of anilines is 1. The lowest BCUT2D eigenvalue weighted by molar-refractivity contribution is 0.381. The minimum atomic E-state index is 0.710. The highest BCUT2D eigenvalue weighted by Crippen LogP contribution is 2.24. The van der Waals surface area contributed by atoms with Crippen molar-refractivity contribution in [3.63, 3.8) is 0 Å². The molecule has 0 bridgehead atoms. The molecule has 0 atom stereocenters. The van der Waals surface area contributed by atoms with Crippen LogP contribution in [0.2, 0.25) is 5.02 Å². The average Bonchev–Trinajstić information content (AvgIpc) is 3.22. The Kier molecular flexibility index (Phi) is 3.71. The standard InChI is InChI=1S/C14H20ClN3/c15-12-1-4-14(17-10-12)18-7-5-11(6-8-18)9-16-13-2-3-13/h1,4,10-11,13,16H,2-3,5-9H2. The SMILES string of the molecule is Clc1ccc(N2CCC(CNC3CC3)CC2)nc1. The summed E-state index contributed by atoms with van der Waals surface area (Å²) in [4.78, 5) is 6.75. The van der Waals surface area contributed by atoms with Gasteiger partial charge in [0.2, 0.25) is 0 Å². The first-order valence-corrected chi connectivity index (χ1v) is 7.29. The van der Waals surface area contributed by atoms with Crippen LogP contribution in [-0.4, -0.2) is 30.7 Å². The number of halogens is 1. The smallest absolute Gasteiger partial charge is 0.128 e. The number of hydrogen-bond donors (Lipinski definition) is 1. The summed E-state index contributed by atoms with van der Waals surface area (Å²) < 4.78 is 0. The number of piperidine rings is 1. The van der Waals surface area contributed by atoms with Gasteiger partial charge < -0.3 is 10.2 Å². The minimum absolute atomic E-state index is 0.710. The second-order valence-corrected chi connectivity index (χ2v) is 5.88. The molecule has 0 amide bonds. The van der Waals surface area contributed by atoms with Crippen LogP contribution in [0, 0.1) is 5.92 Å². The molecule has 2 heterocycles. The van der Waals surface area contributed by atoms with Gasteiger partial charge in [0.15, 0.2) is 0 Å². The van der Waals surface area contributed by atoms with Gasteiger partial charge in [0, 0.05) is 25.3 Å². The molecule has 1 aliphatic carbocycles. The molecule has 3 nitrogen and oxygen atoms in total. The summed E-state index contributed by atoms with van der Waals surface area (Å²) in [5, 5.41) is 4.35. The lowest BCUT2D eigenvalue weighted by Crippen LogP contribution is -2.38. The zero-order chi connectivity index (χ0) is 12.4. The maximum absolute atomic E-state index is 5.86. The molecule has 0 spiro atoms. The van der Waals surface area contributed by atoms with E-state index in [1.165, 1.54) is 32.2 Å². The van der Waals surface area contributed by atoms with Crippen molar-refractivity contribution >= 4 is 17.4 Å². The van der Waals surface area contributed by atoms with Gasteiger partial charge in [-0.3, -0.25) is 0 Å². The molecular weight excluding hydrogens is 246 g/mol. The Morgan fingerprint density at radius 3 is 2.61 bits per heavy atom. The second kappa shape index (κ2) is 5.45. The normalized spacial score (nSPS) is 21.3. The minimum Gasteiger partial charge on any atom is -0.357 e. The Balaban J connectivity index is 1.48. The van der Waals surface area contributed by atoms with Crippen molar-refractivity contribution in [3.05, 3.63) is 23.4 Å². The molecule has 98 valence electrons. The lowest BCUT2D eigenvalue weighted by Gasteiger charge is -2.33. The van der Waals surface area contributed by atoms with Crippen molar-refractivity contribution in [3.8, 4) is 0 Å². The number of hydrogen-bond acceptors (Lipinski definition) is 3. The maximum atomic E-state index is 5.86. The van der Waals surface area contributed by atoms with Crippen LogP contribution in [0.5, 0.6) is 0 Å². The van der Waals surface area contributed by atoms with Crippen LogP contribution in [0.1, 0.15) is 25.7 Å². The molecule has 1 aromatic heterocycles. The summed E-state index contributed by atoms with van der Waals surface area (Å²) >= 11 is 5.86. The first kappa shape index (κ1) is 12.2. The number of rotatable bonds is 4. The monoisotopic (exact) mass is 265 g/mol. The molecule has 4 heteroatoms. The van der Waals surface area contributed by atoms with E-state index < -0.39 is 0 Å². The third kappa shape index (κ3) is 3.15. The Labute approximate surface area is 114 Å². The van der Waals surface area contributed by atoms with E-state index in [0.29, 0.717) is 5.02 Å². The third-order valence-electron chi connectivity index (χ3n) is 3.92. The molecule has 0 aromatic carbocycles. The molecule has 1 aliphatic heterocycles. The second-order valence-electron chi connectivity index (χ2n) is 5.45. The molecule has 1 saturated heterocycles. The van der Waals surface area contributed by atoms with E-state index in [1.807, 2.05) is 12.1 Å². The maximum Gasteiger partial charge on any atom is 0.128 e. The number of nitrogens with zero attached hydrogens (tertiary/aromatic N) is 2. The van der Waals surface area contributed by atoms with E-state index in [2.05, 4.69) is 15.2 Å². The Hall–Kier alpha value is -0.800. The van der Waals surface area contributed by atoms with Crippen molar-refractivity contribution in [1.29, 1.82) is 0 Å². The summed E-state index contributed by atoms with van der Waals surface area (Å²) in [5.74, 6) is 1.90. The fraction of sp³-hybridized carbons (Fsp3) is 0.643. The molecule has 1 saturated carbocycles. The quantitative estimate of drug-likeness (QED) is 0.907.